The summed E-state index contributed by atoms with van der Waals surface area (Å²) >= 11 is 0. The van der Waals surface area contributed by atoms with E-state index >= 15 is 0 Å². The molecule has 0 spiro atoms. The maximum atomic E-state index is 13.2. The van der Waals surface area contributed by atoms with Gasteiger partial charge in [0, 0.05) is 26.2 Å². The highest BCUT2D eigenvalue weighted by Gasteiger charge is 2.72. The zero-order valence-electron chi connectivity index (χ0n) is 19.7. The molecule has 33 heavy (non-hydrogen) atoms. The molecule has 0 bridgehead atoms. The van der Waals surface area contributed by atoms with Crippen molar-refractivity contribution in [1.82, 2.24) is 0 Å². The third-order valence-corrected chi connectivity index (χ3v) is 6.20. The van der Waals surface area contributed by atoms with Gasteiger partial charge >= 0.3 is 18.0 Å². The number of rotatable bonds is 19. The molecular weight excluding hydrogens is 453 g/mol. The predicted molar refractivity (Wildman–Crippen MR) is 115 cm³/mol. The number of ether oxygens (including phenoxy) is 2. The van der Waals surface area contributed by atoms with E-state index in [1.807, 2.05) is 0 Å². The first-order valence-corrected chi connectivity index (χ1v) is 12.6. The highest BCUT2D eigenvalue weighted by atomic mass is 19.4. The van der Waals surface area contributed by atoms with Gasteiger partial charge in [0.25, 0.3) is 0 Å². The van der Waals surface area contributed by atoms with Gasteiger partial charge in [-0.25, -0.2) is 0 Å². The number of halogens is 7. The zero-order chi connectivity index (χ0) is 24.6. The third-order valence-electron chi connectivity index (χ3n) is 6.20. The van der Waals surface area contributed by atoms with E-state index in [1.54, 1.807) is 0 Å². The minimum atomic E-state index is -6.23. The average Bonchev–Trinajstić information content (AvgIpc) is 2.75. The van der Waals surface area contributed by atoms with Gasteiger partial charge in [-0.1, -0.05) is 64.2 Å². The largest absolute Gasteiger partial charge is 0.459 e. The molecular formula is C24H41F7O2. The van der Waals surface area contributed by atoms with E-state index in [9.17, 15) is 30.7 Å². The zero-order valence-corrected chi connectivity index (χ0v) is 19.7. The third kappa shape index (κ3) is 12.6. The molecule has 0 aliphatic carbocycles. The number of hydrogen-bond donors (Lipinski definition) is 0. The van der Waals surface area contributed by atoms with E-state index in [4.69, 9.17) is 9.47 Å². The fraction of sp³-hybridized carbons (Fsp3) is 1.00. The molecule has 0 N–H and O–H groups in total. The molecule has 1 saturated heterocycles. The van der Waals surface area contributed by atoms with Crippen LogP contribution in [0.15, 0.2) is 0 Å². The summed E-state index contributed by atoms with van der Waals surface area (Å²) in [5, 5.41) is 0. The second kappa shape index (κ2) is 16.2. The van der Waals surface area contributed by atoms with E-state index in [2.05, 4.69) is 0 Å². The molecule has 9 heteroatoms. The molecule has 2 nitrogen and oxygen atoms in total. The van der Waals surface area contributed by atoms with Crippen LogP contribution < -0.4 is 0 Å². The van der Waals surface area contributed by atoms with Gasteiger partial charge in [-0.2, -0.15) is 30.7 Å². The van der Waals surface area contributed by atoms with Crippen LogP contribution in [0.3, 0.4) is 0 Å². The lowest BCUT2D eigenvalue weighted by Crippen LogP contribution is -2.51. The van der Waals surface area contributed by atoms with Crippen LogP contribution in [0.2, 0.25) is 0 Å². The maximum Gasteiger partial charge on any atom is 0.459 e. The molecule has 198 valence electrons. The summed E-state index contributed by atoms with van der Waals surface area (Å²) in [5.41, 5.74) is 0. The fourth-order valence-corrected chi connectivity index (χ4v) is 4.04. The molecule has 1 heterocycles. The summed E-state index contributed by atoms with van der Waals surface area (Å²) in [6.45, 7) is 2.45. The van der Waals surface area contributed by atoms with Crippen LogP contribution in [0.1, 0.15) is 109 Å². The van der Waals surface area contributed by atoms with E-state index in [-0.39, 0.29) is 12.8 Å². The first-order chi connectivity index (χ1) is 15.6. The van der Waals surface area contributed by atoms with Crippen LogP contribution >= 0.6 is 0 Å². The van der Waals surface area contributed by atoms with Crippen molar-refractivity contribution in [1.29, 1.82) is 0 Å². The van der Waals surface area contributed by atoms with Gasteiger partial charge in [-0.15, -0.1) is 0 Å². The second-order valence-corrected chi connectivity index (χ2v) is 9.16. The van der Waals surface area contributed by atoms with Crippen molar-refractivity contribution in [2.24, 2.45) is 0 Å². The minimum Gasteiger partial charge on any atom is -0.381 e. The number of hydrogen-bond acceptors (Lipinski definition) is 2. The normalized spacial score (nSPS) is 18.1. The Bertz CT molecular complexity index is 478. The van der Waals surface area contributed by atoms with Crippen molar-refractivity contribution in [3.8, 4) is 0 Å². The van der Waals surface area contributed by atoms with Crippen LogP contribution in [-0.4, -0.2) is 43.9 Å². The van der Waals surface area contributed by atoms with Gasteiger partial charge in [0.1, 0.15) is 0 Å². The summed E-state index contributed by atoms with van der Waals surface area (Å²) < 4.78 is 99.4. The van der Waals surface area contributed by atoms with Gasteiger partial charge < -0.3 is 9.47 Å². The van der Waals surface area contributed by atoms with Crippen LogP contribution in [-0.2, 0) is 9.47 Å². The van der Waals surface area contributed by atoms with Gasteiger partial charge in [0.15, 0.2) is 0 Å². The van der Waals surface area contributed by atoms with Crippen LogP contribution in [0, 0.1) is 0 Å². The highest BCUT2D eigenvalue weighted by molar-refractivity contribution is 4.90. The summed E-state index contributed by atoms with van der Waals surface area (Å²) in [5.74, 6) is -11.0. The van der Waals surface area contributed by atoms with Gasteiger partial charge in [-0.05, 0) is 38.5 Å². The quantitative estimate of drug-likeness (QED) is 0.132. The van der Waals surface area contributed by atoms with Crippen molar-refractivity contribution >= 4 is 0 Å². The van der Waals surface area contributed by atoms with Crippen LogP contribution in [0.4, 0.5) is 30.7 Å². The van der Waals surface area contributed by atoms with Gasteiger partial charge in [-0.3, -0.25) is 0 Å². The Balaban J connectivity index is 1.82. The Labute approximate surface area is 194 Å². The Morgan fingerprint density at radius 2 is 1.15 bits per heavy atom. The molecule has 0 aromatic carbocycles. The molecule has 1 aliphatic heterocycles. The Hall–Kier alpha value is -0.570. The number of unbranched alkanes of at least 4 members (excludes halogenated alkanes) is 11. The molecule has 1 unspecified atom stereocenters. The maximum absolute atomic E-state index is 13.2. The highest BCUT2D eigenvalue weighted by Crippen LogP contribution is 2.48. The lowest BCUT2D eigenvalue weighted by Gasteiger charge is -2.28. The molecule has 0 radical (unpaired) electrons. The molecule has 0 saturated carbocycles. The number of alkyl halides is 7. The molecule has 0 amide bonds. The summed E-state index contributed by atoms with van der Waals surface area (Å²) in [6, 6.07) is 0. The van der Waals surface area contributed by atoms with E-state index < -0.39 is 24.4 Å². The van der Waals surface area contributed by atoms with Crippen LogP contribution in [0.5, 0.6) is 0 Å². The minimum absolute atomic E-state index is 0.235. The lowest BCUT2D eigenvalue weighted by molar-refractivity contribution is -0.355. The second-order valence-electron chi connectivity index (χ2n) is 9.16. The molecule has 0 aromatic heterocycles. The van der Waals surface area contributed by atoms with E-state index in [0.29, 0.717) is 12.5 Å². The molecule has 1 fully saturated rings. The Morgan fingerprint density at radius 1 is 0.636 bits per heavy atom. The van der Waals surface area contributed by atoms with Crippen molar-refractivity contribution < 1.29 is 40.2 Å². The first kappa shape index (κ1) is 30.5. The van der Waals surface area contributed by atoms with Gasteiger partial charge in [0.2, 0.25) is 0 Å². The SMILES string of the molecule is FC(F)(F)C(F)(F)C(F)(F)CCCCCCCCCCCCCCOCCC1CCCCO1. The van der Waals surface area contributed by atoms with Gasteiger partial charge in [0.05, 0.1) is 6.10 Å². The summed E-state index contributed by atoms with van der Waals surface area (Å²) in [4.78, 5) is 0. The average molecular weight is 495 g/mol. The molecule has 0 aromatic rings. The molecule has 1 aliphatic rings. The first-order valence-electron chi connectivity index (χ1n) is 12.6. The van der Waals surface area contributed by atoms with Crippen LogP contribution in [0.25, 0.3) is 0 Å². The smallest absolute Gasteiger partial charge is 0.381 e. The van der Waals surface area contributed by atoms with E-state index in [0.717, 1.165) is 77.6 Å². The van der Waals surface area contributed by atoms with Crippen molar-refractivity contribution in [3.05, 3.63) is 0 Å². The topological polar surface area (TPSA) is 18.5 Å². The standard InChI is InChI=1S/C24H41F7O2/c25-22(26,23(27,28)24(29,30)31)17-12-9-7-5-3-1-2-4-6-8-10-13-18-32-20-16-21-15-11-14-19-33-21/h21H,1-20H2. The Morgan fingerprint density at radius 3 is 1.64 bits per heavy atom. The van der Waals surface area contributed by atoms with E-state index in [1.165, 1.54) is 25.7 Å². The lowest BCUT2D eigenvalue weighted by atomic mass is 10.0. The molecule has 1 rings (SSSR count). The predicted octanol–water partition coefficient (Wildman–Crippen LogP) is 8.87. The van der Waals surface area contributed by atoms with Crippen molar-refractivity contribution in [2.45, 2.75) is 133 Å². The molecule has 1 atom stereocenters. The van der Waals surface area contributed by atoms with Crippen molar-refractivity contribution in [2.75, 3.05) is 19.8 Å². The monoisotopic (exact) mass is 494 g/mol. The summed E-state index contributed by atoms with van der Waals surface area (Å²) in [7, 11) is 0. The summed E-state index contributed by atoms with van der Waals surface area (Å²) in [6.07, 6.45) is 7.24. The fourth-order valence-electron chi connectivity index (χ4n) is 4.04. The Kier molecular flexibility index (Phi) is 14.9. The van der Waals surface area contributed by atoms with Crippen molar-refractivity contribution in [3.63, 3.8) is 0 Å².